The highest BCUT2D eigenvalue weighted by Crippen LogP contribution is 2.21. The summed E-state index contributed by atoms with van der Waals surface area (Å²) in [5.74, 6) is 0. The molecule has 1 aromatic heterocycles. The summed E-state index contributed by atoms with van der Waals surface area (Å²) >= 11 is 5.87. The lowest BCUT2D eigenvalue weighted by molar-refractivity contribution is 0.175. The Kier molecular flexibility index (Phi) is 4.74. The Morgan fingerprint density at radius 3 is 2.88 bits per heavy atom. The largest absolute Gasteiger partial charge is 0.387 e. The number of rotatable bonds is 4. The summed E-state index contributed by atoms with van der Waals surface area (Å²) in [4.78, 5) is 11.9. The van der Waals surface area contributed by atoms with Crippen molar-refractivity contribution in [3.63, 3.8) is 0 Å². The fourth-order valence-electron chi connectivity index (χ4n) is 2.56. The van der Waals surface area contributed by atoms with E-state index < -0.39 is 12.1 Å². The molecule has 24 heavy (non-hydrogen) atoms. The van der Waals surface area contributed by atoms with Gasteiger partial charge in [-0.2, -0.15) is 0 Å². The monoisotopic (exact) mass is 343 g/mol. The Balaban J connectivity index is 1.59. The molecular weight excluding hydrogens is 326 g/mol. The van der Waals surface area contributed by atoms with Gasteiger partial charge in [0.05, 0.1) is 6.10 Å². The second-order valence-corrected chi connectivity index (χ2v) is 6.04. The number of carbonyl (C=O) groups is 1. The summed E-state index contributed by atoms with van der Waals surface area (Å²) < 4.78 is 2.02. The van der Waals surface area contributed by atoms with Crippen molar-refractivity contribution in [2.45, 2.75) is 6.10 Å². The number of nitrogens with one attached hydrogen (secondary N) is 2. The van der Waals surface area contributed by atoms with Gasteiger partial charge in [0.2, 0.25) is 0 Å². The lowest BCUT2D eigenvalue weighted by Crippen LogP contribution is -2.32. The van der Waals surface area contributed by atoms with Crippen LogP contribution in [-0.4, -0.2) is 22.2 Å². The lowest BCUT2D eigenvalue weighted by Gasteiger charge is -2.13. The third-order valence-corrected chi connectivity index (χ3v) is 4.07. The molecule has 0 aliphatic rings. The summed E-state index contributed by atoms with van der Waals surface area (Å²) in [6.45, 7) is 0.116. The fraction of sp³-hybridized carbons (Fsp3) is 0.167. The van der Waals surface area contributed by atoms with E-state index in [1.807, 2.05) is 42.1 Å². The Labute approximate surface area is 144 Å². The summed E-state index contributed by atoms with van der Waals surface area (Å²) in [6.07, 6.45) is 1.19. The first-order chi connectivity index (χ1) is 11.5. The van der Waals surface area contributed by atoms with Crippen LogP contribution in [0.3, 0.4) is 0 Å². The highest BCUT2D eigenvalue weighted by molar-refractivity contribution is 6.30. The minimum Gasteiger partial charge on any atom is -0.387 e. The van der Waals surface area contributed by atoms with Gasteiger partial charge < -0.3 is 20.3 Å². The summed E-state index contributed by atoms with van der Waals surface area (Å²) in [5.41, 5.74) is 2.45. The van der Waals surface area contributed by atoms with Crippen molar-refractivity contribution < 1.29 is 9.90 Å². The van der Waals surface area contributed by atoms with Gasteiger partial charge >= 0.3 is 6.03 Å². The van der Waals surface area contributed by atoms with E-state index in [1.165, 1.54) is 0 Å². The first-order valence-electron chi connectivity index (χ1n) is 7.56. The van der Waals surface area contributed by atoms with E-state index in [0.29, 0.717) is 10.7 Å². The van der Waals surface area contributed by atoms with Crippen LogP contribution in [0.25, 0.3) is 10.9 Å². The maximum absolute atomic E-state index is 11.9. The van der Waals surface area contributed by atoms with Crippen LogP contribution in [0.15, 0.2) is 54.7 Å². The van der Waals surface area contributed by atoms with Crippen molar-refractivity contribution in [2.75, 3.05) is 11.9 Å². The molecule has 2 amide bonds. The minimum atomic E-state index is -0.778. The number of fused-ring (bicyclic) bond motifs is 1. The quantitative estimate of drug-likeness (QED) is 0.676. The molecule has 0 spiro atoms. The number of aryl methyl sites for hydroxylation is 1. The van der Waals surface area contributed by atoms with E-state index in [9.17, 15) is 9.90 Å². The number of amides is 2. The molecule has 0 bridgehead atoms. The molecule has 2 aromatic carbocycles. The maximum atomic E-state index is 11.9. The van der Waals surface area contributed by atoms with Crippen molar-refractivity contribution in [1.29, 1.82) is 0 Å². The van der Waals surface area contributed by atoms with Gasteiger partial charge in [0.1, 0.15) is 0 Å². The van der Waals surface area contributed by atoms with Crippen LogP contribution in [-0.2, 0) is 7.05 Å². The highest BCUT2D eigenvalue weighted by Gasteiger charge is 2.11. The minimum absolute atomic E-state index is 0.116. The Hall–Kier alpha value is -2.50. The number of anilines is 1. The predicted octanol–water partition coefficient (Wildman–Crippen LogP) is 3.69. The van der Waals surface area contributed by atoms with Crippen molar-refractivity contribution >= 4 is 34.2 Å². The zero-order chi connectivity index (χ0) is 17.1. The van der Waals surface area contributed by atoms with E-state index in [-0.39, 0.29) is 6.54 Å². The van der Waals surface area contributed by atoms with Crippen LogP contribution in [0.4, 0.5) is 10.5 Å². The van der Waals surface area contributed by atoms with Gasteiger partial charge in [-0.25, -0.2) is 4.79 Å². The molecule has 3 aromatic rings. The van der Waals surface area contributed by atoms with Crippen LogP contribution in [0.2, 0.25) is 5.02 Å². The highest BCUT2D eigenvalue weighted by atomic mass is 35.5. The molecule has 0 saturated heterocycles. The topological polar surface area (TPSA) is 66.3 Å². The van der Waals surface area contributed by atoms with Gasteiger partial charge in [0.25, 0.3) is 0 Å². The number of aliphatic hydroxyl groups is 1. The molecule has 3 rings (SSSR count). The van der Waals surface area contributed by atoms with Crippen LogP contribution < -0.4 is 10.6 Å². The summed E-state index contributed by atoms with van der Waals surface area (Å²) in [6, 6.07) is 14.2. The van der Waals surface area contributed by atoms with E-state index in [4.69, 9.17) is 11.6 Å². The van der Waals surface area contributed by atoms with E-state index in [0.717, 1.165) is 16.5 Å². The second kappa shape index (κ2) is 6.95. The van der Waals surface area contributed by atoms with Gasteiger partial charge in [-0.15, -0.1) is 0 Å². The van der Waals surface area contributed by atoms with Crippen LogP contribution >= 0.6 is 11.6 Å². The number of urea groups is 1. The van der Waals surface area contributed by atoms with E-state index in [2.05, 4.69) is 10.6 Å². The average molecular weight is 344 g/mol. The summed E-state index contributed by atoms with van der Waals surface area (Å²) in [5, 5.41) is 17.2. The molecule has 0 radical (unpaired) electrons. The standard InChI is InChI=1S/C18H18ClN3O2/c1-22-8-7-12-9-13(5-6-16(12)22)17(23)11-20-18(24)21-15-4-2-3-14(19)10-15/h2-10,17,23H,11H2,1H3,(H2,20,21,24). The first-order valence-corrected chi connectivity index (χ1v) is 7.94. The number of hydrogen-bond acceptors (Lipinski definition) is 2. The molecule has 0 aliphatic heterocycles. The fourth-order valence-corrected chi connectivity index (χ4v) is 2.75. The molecule has 1 heterocycles. The molecule has 124 valence electrons. The van der Waals surface area contributed by atoms with Crippen LogP contribution in [0.1, 0.15) is 11.7 Å². The number of nitrogens with zero attached hydrogens (tertiary/aromatic N) is 1. The molecular formula is C18H18ClN3O2. The van der Waals surface area contributed by atoms with Gasteiger partial charge in [0.15, 0.2) is 0 Å². The Bertz CT molecular complexity index is 876. The number of aromatic nitrogens is 1. The molecule has 1 atom stereocenters. The molecule has 0 aliphatic carbocycles. The van der Waals surface area contributed by atoms with E-state index in [1.54, 1.807) is 24.3 Å². The smallest absolute Gasteiger partial charge is 0.319 e. The van der Waals surface area contributed by atoms with E-state index >= 15 is 0 Å². The third kappa shape index (κ3) is 3.69. The molecule has 3 N–H and O–H groups in total. The molecule has 0 saturated carbocycles. The number of halogens is 1. The van der Waals surface area contributed by atoms with Gasteiger partial charge in [0, 0.05) is 36.0 Å². The van der Waals surface area contributed by atoms with Crippen LogP contribution in [0, 0.1) is 0 Å². The van der Waals surface area contributed by atoms with Gasteiger partial charge in [-0.1, -0.05) is 23.7 Å². The third-order valence-electron chi connectivity index (χ3n) is 3.83. The second-order valence-electron chi connectivity index (χ2n) is 5.61. The number of aliphatic hydroxyl groups excluding tert-OH is 1. The molecule has 1 unspecified atom stereocenters. The zero-order valence-electron chi connectivity index (χ0n) is 13.2. The zero-order valence-corrected chi connectivity index (χ0v) is 13.9. The SMILES string of the molecule is Cn1ccc2cc(C(O)CNC(=O)Nc3cccc(Cl)c3)ccc21. The normalized spacial score (nSPS) is 12.1. The summed E-state index contributed by atoms with van der Waals surface area (Å²) in [7, 11) is 1.97. The number of hydrogen-bond donors (Lipinski definition) is 3. The Morgan fingerprint density at radius 1 is 1.25 bits per heavy atom. The number of benzene rings is 2. The predicted molar refractivity (Wildman–Crippen MR) is 96.4 cm³/mol. The van der Waals surface area contributed by atoms with Crippen molar-refractivity contribution in [1.82, 2.24) is 9.88 Å². The maximum Gasteiger partial charge on any atom is 0.319 e. The van der Waals surface area contributed by atoms with Crippen LogP contribution in [0.5, 0.6) is 0 Å². The average Bonchev–Trinajstić information content (AvgIpc) is 2.93. The molecule has 6 heteroatoms. The molecule has 0 fully saturated rings. The number of carbonyl (C=O) groups excluding carboxylic acids is 1. The van der Waals surface area contributed by atoms with Crippen molar-refractivity contribution in [2.24, 2.45) is 7.05 Å². The van der Waals surface area contributed by atoms with Gasteiger partial charge in [-0.3, -0.25) is 0 Å². The van der Waals surface area contributed by atoms with Gasteiger partial charge in [-0.05, 0) is 47.3 Å². The first kappa shape index (κ1) is 16.4. The van der Waals surface area contributed by atoms with Crippen molar-refractivity contribution in [3.05, 3.63) is 65.3 Å². The molecule has 5 nitrogen and oxygen atoms in total. The Morgan fingerprint density at radius 2 is 2.08 bits per heavy atom. The lowest BCUT2D eigenvalue weighted by atomic mass is 10.1. The van der Waals surface area contributed by atoms with Crippen molar-refractivity contribution in [3.8, 4) is 0 Å².